The van der Waals surface area contributed by atoms with E-state index in [0.717, 1.165) is 6.20 Å². The smallest absolute Gasteiger partial charge is 0.408 e. The van der Waals surface area contributed by atoms with E-state index in [0.29, 0.717) is 4.68 Å². The summed E-state index contributed by atoms with van der Waals surface area (Å²) < 4.78 is 35.9. The topological polar surface area (TPSA) is 55.1 Å². The average Bonchev–Trinajstić information content (AvgIpc) is 2.26. The van der Waals surface area contributed by atoms with Gasteiger partial charge in [0.1, 0.15) is 12.1 Å². The molecule has 14 heavy (non-hydrogen) atoms. The van der Waals surface area contributed by atoms with Crippen molar-refractivity contribution in [3.63, 3.8) is 0 Å². The van der Waals surface area contributed by atoms with Crippen LogP contribution in [0.1, 0.15) is 10.4 Å². The number of halogens is 4. The van der Waals surface area contributed by atoms with Crippen molar-refractivity contribution in [3.8, 4) is 0 Å². The molecule has 1 N–H and O–H groups in total. The molecular formula is C6H4ClF3N2O2. The number of hydrogen-bond acceptors (Lipinski definition) is 2. The minimum absolute atomic E-state index is 0.436. The molecule has 1 aromatic rings. The van der Waals surface area contributed by atoms with Crippen molar-refractivity contribution in [2.45, 2.75) is 12.7 Å². The molecule has 0 unspecified atom stereocenters. The molecule has 0 fully saturated rings. The van der Waals surface area contributed by atoms with Gasteiger partial charge in [-0.2, -0.15) is 18.3 Å². The van der Waals surface area contributed by atoms with Gasteiger partial charge >= 0.3 is 12.1 Å². The lowest BCUT2D eigenvalue weighted by molar-refractivity contribution is -0.142. The van der Waals surface area contributed by atoms with E-state index in [1.165, 1.54) is 0 Å². The van der Waals surface area contributed by atoms with Gasteiger partial charge in [-0.3, -0.25) is 4.68 Å². The second-order valence-electron chi connectivity index (χ2n) is 2.45. The van der Waals surface area contributed by atoms with Crippen LogP contribution in [-0.2, 0) is 6.54 Å². The minimum atomic E-state index is -4.45. The lowest BCUT2D eigenvalue weighted by atomic mass is 10.4. The van der Waals surface area contributed by atoms with E-state index in [1.807, 2.05) is 0 Å². The van der Waals surface area contributed by atoms with Gasteiger partial charge in [-0.1, -0.05) is 11.6 Å². The Balaban J connectivity index is 2.92. The van der Waals surface area contributed by atoms with Gasteiger partial charge in [0.2, 0.25) is 0 Å². The summed E-state index contributed by atoms with van der Waals surface area (Å²) in [6.07, 6.45) is -3.72. The maximum Gasteiger partial charge on any atom is 0.408 e. The summed E-state index contributed by atoms with van der Waals surface area (Å²) in [5, 5.41) is 11.2. The molecule has 0 amide bonds. The third-order valence-electron chi connectivity index (χ3n) is 1.29. The third kappa shape index (κ3) is 2.63. The molecule has 4 nitrogen and oxygen atoms in total. The van der Waals surface area contributed by atoms with Gasteiger partial charge in [-0.05, 0) is 0 Å². The Morgan fingerprint density at radius 3 is 2.57 bits per heavy atom. The largest absolute Gasteiger partial charge is 0.478 e. The molecule has 0 aliphatic rings. The average molecular weight is 229 g/mol. The van der Waals surface area contributed by atoms with E-state index in [-0.39, 0.29) is 0 Å². The molecule has 0 spiro atoms. The van der Waals surface area contributed by atoms with Crippen LogP contribution in [0, 0.1) is 0 Å². The standard InChI is InChI=1S/C6H4ClF3N2O2/c7-4-3(5(13)14)1-12(11-4)2-6(8,9)10/h1H,2H2,(H,13,14). The molecule has 1 aromatic heterocycles. The van der Waals surface area contributed by atoms with Gasteiger partial charge in [0, 0.05) is 6.20 Å². The van der Waals surface area contributed by atoms with E-state index in [9.17, 15) is 18.0 Å². The number of hydrogen-bond donors (Lipinski definition) is 1. The monoisotopic (exact) mass is 228 g/mol. The second kappa shape index (κ2) is 3.49. The first-order valence-electron chi connectivity index (χ1n) is 3.32. The molecule has 8 heteroatoms. The van der Waals surface area contributed by atoms with Crippen molar-refractivity contribution in [2.24, 2.45) is 0 Å². The van der Waals surface area contributed by atoms with Gasteiger partial charge in [0.05, 0.1) is 0 Å². The first-order chi connectivity index (χ1) is 6.29. The Morgan fingerprint density at radius 2 is 2.21 bits per heavy atom. The predicted molar refractivity (Wildman–Crippen MR) is 40.3 cm³/mol. The molecule has 0 aliphatic carbocycles. The highest BCUT2D eigenvalue weighted by atomic mass is 35.5. The fourth-order valence-corrected chi connectivity index (χ4v) is 1.03. The number of aromatic carboxylic acids is 1. The lowest BCUT2D eigenvalue weighted by Gasteiger charge is -2.04. The maximum absolute atomic E-state index is 11.8. The molecular weight excluding hydrogens is 225 g/mol. The first kappa shape index (κ1) is 10.8. The van der Waals surface area contributed by atoms with Crippen LogP contribution in [0.25, 0.3) is 0 Å². The summed E-state index contributed by atoms with van der Waals surface area (Å²) in [4.78, 5) is 10.4. The molecule has 0 aromatic carbocycles. The van der Waals surface area contributed by atoms with Crippen LogP contribution in [0.4, 0.5) is 13.2 Å². The Kier molecular flexibility index (Phi) is 2.70. The Hall–Kier alpha value is -1.24. The fourth-order valence-electron chi connectivity index (χ4n) is 0.806. The molecule has 0 atom stereocenters. The van der Waals surface area contributed by atoms with Gasteiger partial charge in [0.25, 0.3) is 0 Å². The number of alkyl halides is 3. The van der Waals surface area contributed by atoms with E-state index < -0.39 is 29.4 Å². The fraction of sp³-hybridized carbons (Fsp3) is 0.333. The highest BCUT2D eigenvalue weighted by Gasteiger charge is 2.29. The van der Waals surface area contributed by atoms with Gasteiger partial charge < -0.3 is 5.11 Å². The Labute approximate surface area is 80.9 Å². The zero-order chi connectivity index (χ0) is 10.9. The van der Waals surface area contributed by atoms with Crippen molar-refractivity contribution < 1.29 is 23.1 Å². The predicted octanol–water partition coefficient (Wildman–Crippen LogP) is 1.80. The minimum Gasteiger partial charge on any atom is -0.478 e. The van der Waals surface area contributed by atoms with Crippen molar-refractivity contribution in [1.82, 2.24) is 9.78 Å². The maximum atomic E-state index is 11.8. The molecule has 1 rings (SSSR count). The lowest BCUT2D eigenvalue weighted by Crippen LogP contribution is -2.17. The van der Waals surface area contributed by atoms with E-state index in [2.05, 4.69) is 5.10 Å². The molecule has 1 heterocycles. The molecule has 0 aliphatic heterocycles. The first-order valence-corrected chi connectivity index (χ1v) is 3.70. The van der Waals surface area contributed by atoms with Crippen LogP contribution in [0.5, 0.6) is 0 Å². The highest BCUT2D eigenvalue weighted by molar-refractivity contribution is 6.32. The zero-order valence-electron chi connectivity index (χ0n) is 6.55. The van der Waals surface area contributed by atoms with Gasteiger partial charge in [-0.15, -0.1) is 0 Å². The van der Waals surface area contributed by atoms with E-state index in [4.69, 9.17) is 16.7 Å². The molecule has 0 saturated heterocycles. The molecule has 78 valence electrons. The zero-order valence-corrected chi connectivity index (χ0v) is 7.30. The Morgan fingerprint density at radius 1 is 1.64 bits per heavy atom. The summed E-state index contributed by atoms with van der Waals surface area (Å²) in [6.45, 7) is -1.36. The van der Waals surface area contributed by atoms with Crippen LogP contribution < -0.4 is 0 Å². The van der Waals surface area contributed by atoms with Gasteiger partial charge in [0.15, 0.2) is 5.15 Å². The summed E-state index contributed by atoms with van der Waals surface area (Å²) in [5.41, 5.74) is -0.448. The van der Waals surface area contributed by atoms with Gasteiger partial charge in [-0.25, -0.2) is 4.79 Å². The number of aromatic nitrogens is 2. The normalized spacial score (nSPS) is 11.7. The number of nitrogens with zero attached hydrogens (tertiary/aromatic N) is 2. The van der Waals surface area contributed by atoms with Crippen LogP contribution in [0.15, 0.2) is 6.20 Å². The summed E-state index contributed by atoms with van der Waals surface area (Å²) >= 11 is 5.29. The van der Waals surface area contributed by atoms with Crippen LogP contribution in [-0.4, -0.2) is 27.0 Å². The summed E-state index contributed by atoms with van der Waals surface area (Å²) in [6, 6.07) is 0. The quantitative estimate of drug-likeness (QED) is 0.840. The summed E-state index contributed by atoms with van der Waals surface area (Å²) in [5.74, 6) is -1.41. The molecule has 0 radical (unpaired) electrons. The highest BCUT2D eigenvalue weighted by Crippen LogP contribution is 2.19. The van der Waals surface area contributed by atoms with Crippen LogP contribution in [0.3, 0.4) is 0 Å². The SMILES string of the molecule is O=C(O)c1cn(CC(F)(F)F)nc1Cl. The third-order valence-corrected chi connectivity index (χ3v) is 1.57. The van der Waals surface area contributed by atoms with E-state index >= 15 is 0 Å². The molecule has 0 bridgehead atoms. The van der Waals surface area contributed by atoms with E-state index in [1.54, 1.807) is 0 Å². The number of carbonyl (C=O) groups is 1. The number of rotatable bonds is 2. The van der Waals surface area contributed by atoms with Crippen LogP contribution >= 0.6 is 11.6 Å². The second-order valence-corrected chi connectivity index (χ2v) is 2.81. The molecule has 0 saturated carbocycles. The van der Waals surface area contributed by atoms with Crippen molar-refractivity contribution in [1.29, 1.82) is 0 Å². The summed E-state index contributed by atoms with van der Waals surface area (Å²) in [7, 11) is 0. The van der Waals surface area contributed by atoms with Crippen molar-refractivity contribution >= 4 is 17.6 Å². The number of carboxylic acids is 1. The van der Waals surface area contributed by atoms with Crippen molar-refractivity contribution in [3.05, 3.63) is 16.9 Å². The van der Waals surface area contributed by atoms with Crippen LogP contribution in [0.2, 0.25) is 5.15 Å². The van der Waals surface area contributed by atoms with Crippen molar-refractivity contribution in [2.75, 3.05) is 0 Å². The Bertz CT molecular complexity index is 360. The number of carboxylic acid groups (broad SMARTS) is 1.